The Morgan fingerprint density at radius 3 is 2.95 bits per heavy atom. The summed E-state index contributed by atoms with van der Waals surface area (Å²) in [6.45, 7) is 3.66. The molecule has 106 valence electrons. The Hall–Kier alpha value is 0.870. The van der Waals surface area contributed by atoms with E-state index in [-0.39, 0.29) is 15.9 Å². The first-order chi connectivity index (χ1) is 9.00. The molecule has 2 aliphatic rings. The highest BCUT2D eigenvalue weighted by molar-refractivity contribution is 14.1. The van der Waals surface area contributed by atoms with Gasteiger partial charge in [0.1, 0.15) is 9.76 Å². The lowest BCUT2D eigenvalue weighted by Gasteiger charge is -2.30. The summed E-state index contributed by atoms with van der Waals surface area (Å²) in [5.74, 6) is 1.21. The molecule has 1 amide bonds. The third-order valence-electron chi connectivity index (χ3n) is 3.27. The van der Waals surface area contributed by atoms with Gasteiger partial charge in [-0.15, -0.1) is 0 Å². The smallest absolute Gasteiger partial charge is 0.237 e. The van der Waals surface area contributed by atoms with Crippen LogP contribution in [-0.4, -0.2) is 43.6 Å². The molecule has 1 fully saturated rings. The highest BCUT2D eigenvalue weighted by Gasteiger charge is 2.36. The number of hydrogen-bond donors (Lipinski definition) is 1. The molecule has 2 aliphatic heterocycles. The lowest BCUT2D eigenvalue weighted by molar-refractivity contribution is -0.129. The lowest BCUT2D eigenvalue weighted by atomic mass is 10.1. The fraction of sp³-hybridized carbons (Fsp3) is 0.667. The van der Waals surface area contributed by atoms with Gasteiger partial charge in [0.25, 0.3) is 0 Å². The van der Waals surface area contributed by atoms with Crippen LogP contribution in [0.25, 0.3) is 0 Å². The first-order valence-corrected chi connectivity index (χ1v) is 9.83. The number of carbonyl (C=O) groups is 1. The number of rotatable bonds is 3. The predicted molar refractivity (Wildman–Crippen MR) is 104 cm³/mol. The van der Waals surface area contributed by atoms with E-state index in [4.69, 9.17) is 0 Å². The molecule has 1 N–H and O–H groups in total. The molecule has 0 saturated carbocycles. The van der Waals surface area contributed by atoms with Gasteiger partial charge in [0.15, 0.2) is 0 Å². The minimum atomic E-state index is 0.0394. The lowest BCUT2D eigenvalue weighted by Crippen LogP contribution is -2.49. The van der Waals surface area contributed by atoms with Gasteiger partial charge in [-0.05, 0) is 41.5 Å². The monoisotopic (exact) mass is 599 g/mol. The van der Waals surface area contributed by atoms with Gasteiger partial charge in [0, 0.05) is 10.5 Å². The minimum absolute atomic E-state index is 0.0394. The summed E-state index contributed by atoms with van der Waals surface area (Å²) in [6.07, 6.45) is 4.13. The van der Waals surface area contributed by atoms with E-state index in [1.807, 2.05) is 4.90 Å². The van der Waals surface area contributed by atoms with Crippen molar-refractivity contribution in [2.45, 2.75) is 33.7 Å². The van der Waals surface area contributed by atoms with E-state index in [9.17, 15) is 4.79 Å². The summed E-state index contributed by atoms with van der Waals surface area (Å²) < 4.78 is 1.49. The van der Waals surface area contributed by atoms with Gasteiger partial charge in [-0.25, -0.2) is 0 Å². The van der Waals surface area contributed by atoms with Crippen molar-refractivity contribution in [2.75, 3.05) is 13.1 Å². The molecule has 0 spiro atoms. The maximum atomic E-state index is 12.5. The molecule has 0 bridgehead atoms. The Morgan fingerprint density at radius 1 is 1.58 bits per heavy atom. The number of nitrogens with zero attached hydrogens (tertiary/aromatic N) is 2. The second-order valence-corrected chi connectivity index (χ2v) is 9.14. The molecule has 2 heterocycles. The van der Waals surface area contributed by atoms with Crippen LogP contribution in [-0.2, 0) is 4.79 Å². The molecule has 3 atom stereocenters. The van der Waals surface area contributed by atoms with Crippen LogP contribution >= 0.6 is 67.8 Å². The van der Waals surface area contributed by atoms with Gasteiger partial charge in [-0.2, -0.15) is 0 Å². The third-order valence-corrected chi connectivity index (χ3v) is 7.69. The zero-order valence-electron chi connectivity index (χ0n) is 10.6. The highest BCUT2D eigenvalue weighted by Crippen LogP contribution is 2.25. The topological polar surface area (TPSA) is 44.7 Å². The van der Waals surface area contributed by atoms with E-state index in [0.29, 0.717) is 3.92 Å². The van der Waals surface area contributed by atoms with Crippen molar-refractivity contribution in [1.82, 2.24) is 10.2 Å². The fourth-order valence-corrected chi connectivity index (χ4v) is 3.43. The van der Waals surface area contributed by atoms with E-state index >= 15 is 0 Å². The molecular weight excluding hydrogens is 583 g/mol. The summed E-state index contributed by atoms with van der Waals surface area (Å²) in [7, 11) is 0. The summed E-state index contributed by atoms with van der Waals surface area (Å²) in [6, 6.07) is 0.137. The molecule has 19 heavy (non-hydrogen) atoms. The van der Waals surface area contributed by atoms with E-state index in [1.54, 1.807) is 0 Å². The molecule has 0 aromatic carbocycles. The number of likely N-dealkylation sites (tertiary alicyclic amines) is 1. The number of amides is 1. The predicted octanol–water partition coefficient (Wildman–Crippen LogP) is 2.88. The maximum absolute atomic E-state index is 12.5. The first-order valence-electron chi connectivity index (χ1n) is 6.26. The number of carbonyl (C=O) groups excluding carboxylic acids is 1. The van der Waals surface area contributed by atoms with Gasteiger partial charge in [-0.3, -0.25) is 9.79 Å². The molecule has 4 nitrogen and oxygen atoms in total. The summed E-state index contributed by atoms with van der Waals surface area (Å²) in [5, 5.41) is 3.31. The zero-order chi connectivity index (χ0) is 14.0. The van der Waals surface area contributed by atoms with Crippen molar-refractivity contribution < 1.29 is 4.79 Å². The average molecular weight is 599 g/mol. The number of hydrogen-bond acceptors (Lipinski definition) is 3. The maximum Gasteiger partial charge on any atom is 0.237 e. The van der Waals surface area contributed by atoms with Gasteiger partial charge in [0.05, 0.1) is 16.3 Å². The second-order valence-electron chi connectivity index (χ2n) is 4.67. The molecule has 0 aliphatic carbocycles. The van der Waals surface area contributed by atoms with Crippen molar-refractivity contribution in [3.63, 3.8) is 0 Å². The number of aliphatic imine (C=N–C) groups is 1. The Kier molecular flexibility index (Phi) is 6.18. The van der Waals surface area contributed by atoms with Crippen LogP contribution in [0.15, 0.2) is 14.8 Å². The van der Waals surface area contributed by atoms with Crippen LogP contribution < -0.4 is 5.32 Å². The molecule has 2 rings (SSSR count). The summed E-state index contributed by atoms with van der Waals surface area (Å²) in [5.41, 5.74) is 0. The summed E-state index contributed by atoms with van der Waals surface area (Å²) in [4.78, 5) is 19.1. The quantitative estimate of drug-likeness (QED) is 0.309. The number of halogens is 3. The Bertz CT molecular complexity index is 422. The molecule has 7 heteroatoms. The van der Waals surface area contributed by atoms with Crippen LogP contribution in [0.3, 0.4) is 0 Å². The minimum Gasteiger partial charge on any atom is -0.338 e. The Balaban J connectivity index is 2.09. The van der Waals surface area contributed by atoms with Gasteiger partial charge in [-0.1, -0.05) is 52.1 Å². The van der Waals surface area contributed by atoms with Crippen molar-refractivity contribution in [2.24, 2.45) is 4.99 Å². The molecule has 0 radical (unpaired) electrons. The first kappa shape index (κ1) is 16.2. The fourth-order valence-electron chi connectivity index (χ4n) is 2.30. The largest absolute Gasteiger partial charge is 0.338 e. The molecule has 0 aromatic heterocycles. The summed E-state index contributed by atoms with van der Waals surface area (Å²) >= 11 is 6.85. The molecule has 0 aromatic rings. The zero-order valence-corrected chi connectivity index (χ0v) is 17.0. The Labute approximate surface area is 154 Å². The van der Waals surface area contributed by atoms with E-state index in [0.717, 1.165) is 35.5 Å². The Morgan fingerprint density at radius 2 is 2.32 bits per heavy atom. The van der Waals surface area contributed by atoms with Crippen molar-refractivity contribution in [3.05, 3.63) is 9.78 Å². The molecule has 1 saturated heterocycles. The van der Waals surface area contributed by atoms with Crippen LogP contribution in [0.1, 0.15) is 19.8 Å². The van der Waals surface area contributed by atoms with Gasteiger partial charge < -0.3 is 10.2 Å². The van der Waals surface area contributed by atoms with Crippen LogP contribution in [0, 0.1) is 0 Å². The van der Waals surface area contributed by atoms with Gasteiger partial charge in [0.2, 0.25) is 5.91 Å². The van der Waals surface area contributed by atoms with Crippen molar-refractivity contribution >= 4 is 79.5 Å². The van der Waals surface area contributed by atoms with E-state index in [1.165, 1.54) is 0 Å². The van der Waals surface area contributed by atoms with E-state index in [2.05, 4.69) is 91.1 Å². The highest BCUT2D eigenvalue weighted by atomic mass is 127. The van der Waals surface area contributed by atoms with E-state index < -0.39 is 0 Å². The van der Waals surface area contributed by atoms with Crippen molar-refractivity contribution in [1.29, 1.82) is 0 Å². The van der Waals surface area contributed by atoms with Crippen LogP contribution in [0.5, 0.6) is 0 Å². The number of amidine groups is 1. The average Bonchev–Trinajstić information content (AvgIpc) is 2.86. The number of alkyl halides is 2. The van der Waals surface area contributed by atoms with Gasteiger partial charge >= 0.3 is 0 Å². The SMILES string of the molecule is CC(I)[C@H](I)C(=O)N1CCC[C@H]1C1=NCC=C(I)N1. The normalized spacial score (nSPS) is 26.3. The van der Waals surface area contributed by atoms with Crippen LogP contribution in [0.2, 0.25) is 0 Å². The van der Waals surface area contributed by atoms with Crippen molar-refractivity contribution in [3.8, 4) is 0 Å². The second kappa shape index (κ2) is 7.23. The third kappa shape index (κ3) is 3.95. The standard InChI is InChI=1S/C12H16I3N3O/c1-7(13)10(15)12(19)18-6-2-3-8(18)11-16-5-4-9(14)17-11/h4,7-8,10H,2-3,5-6H2,1H3,(H,16,17)/t7?,8-,10-/m0/s1. The number of nitrogens with one attached hydrogen (secondary N) is 1. The van der Waals surface area contributed by atoms with Crippen LogP contribution in [0.4, 0.5) is 0 Å². The molecular formula is C12H16I3N3O. The molecule has 1 unspecified atom stereocenters.